The van der Waals surface area contributed by atoms with Gasteiger partial charge in [-0.2, -0.15) is 0 Å². The van der Waals surface area contributed by atoms with E-state index in [1.54, 1.807) is 23.7 Å². The maximum Gasteiger partial charge on any atom is 0.273 e. The van der Waals surface area contributed by atoms with Crippen molar-refractivity contribution in [3.8, 4) is 5.69 Å². The fourth-order valence-electron chi connectivity index (χ4n) is 3.05. The second kappa shape index (κ2) is 9.58. The van der Waals surface area contributed by atoms with Crippen molar-refractivity contribution in [1.82, 2.24) is 19.4 Å². The normalized spacial score (nSPS) is 11.1. The molecule has 0 aliphatic heterocycles. The third kappa shape index (κ3) is 4.80. The van der Waals surface area contributed by atoms with Crippen LogP contribution in [0.4, 0.5) is 0 Å². The summed E-state index contributed by atoms with van der Waals surface area (Å²) in [4.78, 5) is 30.0. The van der Waals surface area contributed by atoms with Gasteiger partial charge in [-0.3, -0.25) is 18.7 Å². The molecular weight excluding hydrogens is 484 g/mol. The van der Waals surface area contributed by atoms with Crippen molar-refractivity contribution in [2.24, 2.45) is 7.05 Å². The molecule has 32 heavy (non-hydrogen) atoms. The summed E-state index contributed by atoms with van der Waals surface area (Å²) in [6.45, 7) is 2.47. The molecule has 0 atom stereocenters. The molecule has 0 aliphatic rings. The molecule has 0 spiro atoms. The third-order valence-electron chi connectivity index (χ3n) is 4.80. The molecule has 4 rings (SSSR count). The van der Waals surface area contributed by atoms with Gasteiger partial charge in [0.1, 0.15) is 4.70 Å². The minimum absolute atomic E-state index is 0.134. The Hall–Kier alpha value is -2.46. The fraction of sp³-hybridized carbons (Fsp3) is 0.182. The summed E-state index contributed by atoms with van der Waals surface area (Å²) in [6, 6.07) is 15.2. The molecule has 0 aliphatic carbocycles. The lowest BCUT2D eigenvalue weighted by Crippen LogP contribution is -2.25. The average molecular weight is 503 g/mol. The van der Waals surface area contributed by atoms with Crippen LogP contribution >= 0.6 is 46.9 Å². The molecule has 4 aromatic rings. The highest BCUT2D eigenvalue weighted by Crippen LogP contribution is 2.26. The first-order valence-electron chi connectivity index (χ1n) is 9.67. The Labute approximate surface area is 202 Å². The predicted octanol–water partition coefficient (Wildman–Crippen LogP) is 4.89. The highest BCUT2D eigenvalue weighted by atomic mass is 35.5. The monoisotopic (exact) mass is 502 g/mol. The van der Waals surface area contributed by atoms with Gasteiger partial charge in [0.25, 0.3) is 5.56 Å². The van der Waals surface area contributed by atoms with E-state index in [-0.39, 0.29) is 17.2 Å². The van der Waals surface area contributed by atoms with Crippen molar-refractivity contribution < 1.29 is 4.79 Å². The van der Waals surface area contributed by atoms with Gasteiger partial charge in [-0.25, -0.2) is 4.98 Å². The van der Waals surface area contributed by atoms with Gasteiger partial charge < -0.3 is 5.32 Å². The Morgan fingerprint density at radius 2 is 1.88 bits per heavy atom. The maximum atomic E-state index is 12.9. The Kier molecular flexibility index (Phi) is 6.80. The second-order valence-corrected chi connectivity index (χ2v) is 10.2. The molecule has 0 radical (unpaired) electrons. The SMILES string of the molecule is Cc1ccc(CNC(=O)CSc2nc3c(sc(=S)n3-c3ccc(Cl)cc3)c(=O)n2C)cc1. The predicted molar refractivity (Wildman–Crippen MR) is 134 cm³/mol. The summed E-state index contributed by atoms with van der Waals surface area (Å²) in [5.74, 6) is 0.00786. The third-order valence-corrected chi connectivity index (χ3v) is 7.43. The van der Waals surface area contributed by atoms with Gasteiger partial charge >= 0.3 is 0 Å². The summed E-state index contributed by atoms with van der Waals surface area (Å²) < 4.78 is 4.21. The van der Waals surface area contributed by atoms with Crippen molar-refractivity contribution in [1.29, 1.82) is 0 Å². The van der Waals surface area contributed by atoms with Crippen molar-refractivity contribution in [2.45, 2.75) is 18.6 Å². The second-order valence-electron chi connectivity index (χ2n) is 7.14. The number of carbonyl (C=O) groups is 1. The van der Waals surface area contributed by atoms with Gasteiger partial charge in [-0.1, -0.05) is 64.5 Å². The summed E-state index contributed by atoms with van der Waals surface area (Å²) in [7, 11) is 1.65. The number of thioether (sulfide) groups is 1. The molecular formula is C22H19ClN4O2S3. The van der Waals surface area contributed by atoms with Crippen LogP contribution in [-0.2, 0) is 18.4 Å². The van der Waals surface area contributed by atoms with Gasteiger partial charge in [0, 0.05) is 24.3 Å². The summed E-state index contributed by atoms with van der Waals surface area (Å²) >= 11 is 13.9. The molecule has 0 saturated heterocycles. The highest BCUT2D eigenvalue weighted by molar-refractivity contribution is 7.99. The number of amides is 1. The maximum absolute atomic E-state index is 12.9. The number of nitrogens with zero attached hydrogens (tertiary/aromatic N) is 3. The van der Waals surface area contributed by atoms with E-state index in [0.717, 1.165) is 11.3 Å². The highest BCUT2D eigenvalue weighted by Gasteiger charge is 2.17. The number of aromatic nitrogens is 3. The number of hydrogen-bond donors (Lipinski definition) is 1. The molecule has 0 unspecified atom stereocenters. The van der Waals surface area contributed by atoms with Gasteiger partial charge in [0.15, 0.2) is 14.8 Å². The van der Waals surface area contributed by atoms with Gasteiger partial charge in [-0.15, -0.1) is 0 Å². The van der Waals surface area contributed by atoms with Crippen molar-refractivity contribution in [3.63, 3.8) is 0 Å². The Balaban J connectivity index is 1.56. The van der Waals surface area contributed by atoms with Crippen LogP contribution in [0.5, 0.6) is 0 Å². The fourth-order valence-corrected chi connectivity index (χ4v) is 5.31. The van der Waals surface area contributed by atoms with E-state index in [4.69, 9.17) is 23.8 Å². The largest absolute Gasteiger partial charge is 0.351 e. The van der Waals surface area contributed by atoms with Crippen LogP contribution in [0.15, 0.2) is 58.5 Å². The van der Waals surface area contributed by atoms with Gasteiger partial charge in [0.05, 0.1) is 5.75 Å². The number of fused-ring (bicyclic) bond motifs is 1. The quantitative estimate of drug-likeness (QED) is 0.231. The molecule has 0 saturated carbocycles. The van der Waals surface area contributed by atoms with E-state index >= 15 is 0 Å². The molecule has 0 fully saturated rings. The topological polar surface area (TPSA) is 68.9 Å². The Bertz CT molecular complexity index is 1410. The standard InChI is InChI=1S/C22H19ClN4O2S3/c1-13-3-5-14(6-4-13)11-24-17(28)12-31-21-25-19-18(20(29)26(21)2)32-22(30)27(19)16-9-7-15(23)8-10-16/h3-10H,11-12H2,1-2H3,(H,24,28). The minimum atomic E-state index is -0.193. The van der Waals surface area contributed by atoms with E-state index < -0.39 is 0 Å². The van der Waals surface area contributed by atoms with Crippen LogP contribution < -0.4 is 10.9 Å². The summed E-state index contributed by atoms with van der Waals surface area (Å²) in [6.07, 6.45) is 0. The van der Waals surface area contributed by atoms with E-state index in [1.807, 2.05) is 43.3 Å². The zero-order valence-corrected chi connectivity index (χ0v) is 20.5. The van der Waals surface area contributed by atoms with Crippen LogP contribution in [0.1, 0.15) is 11.1 Å². The van der Waals surface area contributed by atoms with Crippen molar-refractivity contribution in [3.05, 3.63) is 79.0 Å². The van der Waals surface area contributed by atoms with E-state index in [0.29, 0.717) is 31.0 Å². The number of aryl methyl sites for hydroxylation is 1. The molecule has 0 bridgehead atoms. The van der Waals surface area contributed by atoms with E-state index in [9.17, 15) is 9.59 Å². The number of rotatable bonds is 6. The van der Waals surface area contributed by atoms with Crippen LogP contribution in [0.3, 0.4) is 0 Å². The number of thiazole rings is 1. The molecule has 1 N–H and O–H groups in total. The van der Waals surface area contributed by atoms with Crippen LogP contribution in [-0.4, -0.2) is 25.8 Å². The first-order chi connectivity index (χ1) is 15.3. The minimum Gasteiger partial charge on any atom is -0.351 e. The number of carbonyl (C=O) groups excluding carboxylic acids is 1. The number of halogens is 1. The molecule has 10 heteroatoms. The van der Waals surface area contributed by atoms with E-state index in [2.05, 4.69) is 10.3 Å². The van der Waals surface area contributed by atoms with E-state index in [1.165, 1.54) is 33.2 Å². The Morgan fingerprint density at radius 1 is 1.19 bits per heavy atom. The first-order valence-corrected chi connectivity index (χ1v) is 12.3. The zero-order valence-electron chi connectivity index (χ0n) is 17.3. The van der Waals surface area contributed by atoms with Crippen LogP contribution in [0.25, 0.3) is 16.0 Å². The number of benzene rings is 2. The summed E-state index contributed by atoms with van der Waals surface area (Å²) in [5.41, 5.74) is 3.26. The van der Waals surface area contributed by atoms with Gasteiger partial charge in [0.2, 0.25) is 5.91 Å². The lowest BCUT2D eigenvalue weighted by Gasteiger charge is -2.10. The summed E-state index contributed by atoms with van der Waals surface area (Å²) in [5, 5.41) is 3.95. The molecule has 1 amide bonds. The molecule has 2 aromatic heterocycles. The van der Waals surface area contributed by atoms with Crippen molar-refractivity contribution >= 4 is 63.2 Å². The molecule has 164 valence electrons. The number of hydrogen-bond acceptors (Lipinski definition) is 6. The average Bonchev–Trinajstić information content (AvgIpc) is 3.11. The van der Waals surface area contributed by atoms with Crippen molar-refractivity contribution in [2.75, 3.05) is 5.75 Å². The lowest BCUT2D eigenvalue weighted by atomic mass is 10.1. The van der Waals surface area contributed by atoms with Crippen LogP contribution in [0, 0.1) is 10.9 Å². The smallest absolute Gasteiger partial charge is 0.273 e. The zero-order chi connectivity index (χ0) is 22.8. The van der Waals surface area contributed by atoms with Gasteiger partial charge in [-0.05, 0) is 49.0 Å². The number of nitrogens with one attached hydrogen (secondary N) is 1. The lowest BCUT2D eigenvalue weighted by molar-refractivity contribution is -0.118. The van der Waals surface area contributed by atoms with Crippen LogP contribution in [0.2, 0.25) is 5.02 Å². The molecule has 2 aromatic carbocycles. The molecule has 6 nitrogen and oxygen atoms in total. The Morgan fingerprint density at radius 3 is 2.56 bits per heavy atom. The molecule has 2 heterocycles. The first kappa shape index (κ1) is 22.7.